The highest BCUT2D eigenvalue weighted by molar-refractivity contribution is 7.15. The van der Waals surface area contributed by atoms with Crippen LogP contribution >= 0.6 is 11.3 Å². The molecule has 1 unspecified atom stereocenters. The average molecular weight is 540 g/mol. The molecule has 37 heavy (non-hydrogen) atoms. The van der Waals surface area contributed by atoms with Crippen molar-refractivity contribution in [2.45, 2.75) is 38.6 Å². The van der Waals surface area contributed by atoms with Crippen LogP contribution in [-0.4, -0.2) is 53.3 Å². The summed E-state index contributed by atoms with van der Waals surface area (Å²) in [6, 6.07) is 1.98. The number of ether oxygens (including phenoxy) is 2. The Morgan fingerprint density at radius 2 is 2.03 bits per heavy atom. The van der Waals surface area contributed by atoms with Crippen LogP contribution in [0.2, 0.25) is 0 Å². The van der Waals surface area contributed by atoms with Gasteiger partial charge in [-0.05, 0) is 25.5 Å². The molecule has 0 bridgehead atoms. The lowest BCUT2D eigenvalue weighted by Crippen LogP contribution is -2.41. The van der Waals surface area contributed by atoms with Gasteiger partial charge in [0.05, 0.1) is 23.8 Å². The van der Waals surface area contributed by atoms with Gasteiger partial charge >= 0.3 is 6.18 Å². The molecule has 2 aromatic heterocycles. The molecule has 198 valence electrons. The van der Waals surface area contributed by atoms with E-state index in [1.165, 1.54) is 30.4 Å². The number of halogens is 4. The second-order valence-electron chi connectivity index (χ2n) is 8.36. The van der Waals surface area contributed by atoms with Gasteiger partial charge in [-0.3, -0.25) is 4.79 Å². The van der Waals surface area contributed by atoms with Crippen LogP contribution in [0.1, 0.15) is 46.5 Å². The zero-order valence-electron chi connectivity index (χ0n) is 20.1. The highest BCUT2D eigenvalue weighted by Gasteiger charge is 2.34. The van der Waals surface area contributed by atoms with E-state index < -0.39 is 29.8 Å². The number of hydrogen-bond acceptors (Lipinski definition) is 8. The Morgan fingerprint density at radius 3 is 2.65 bits per heavy atom. The number of nitrogens with one attached hydrogen (secondary N) is 2. The summed E-state index contributed by atoms with van der Waals surface area (Å²) in [6.45, 7) is 5.56. The Bertz CT molecular complexity index is 1230. The number of carbonyl (C=O) groups is 1. The van der Waals surface area contributed by atoms with Gasteiger partial charge < -0.3 is 20.1 Å². The van der Waals surface area contributed by atoms with E-state index in [1.54, 1.807) is 6.20 Å². The van der Waals surface area contributed by atoms with Crippen LogP contribution < -0.4 is 15.4 Å². The van der Waals surface area contributed by atoms with Crippen molar-refractivity contribution in [3.05, 3.63) is 58.4 Å². The summed E-state index contributed by atoms with van der Waals surface area (Å²) < 4.78 is 65.4. The first-order chi connectivity index (χ1) is 17.7. The van der Waals surface area contributed by atoms with Gasteiger partial charge in [-0.2, -0.15) is 13.2 Å². The second-order valence-corrected chi connectivity index (χ2v) is 9.47. The highest BCUT2D eigenvalue weighted by atomic mass is 32.1. The molecule has 0 aliphatic carbocycles. The topological polar surface area (TPSA) is 98.3 Å². The Balaban J connectivity index is 1.59. The normalized spacial score (nSPS) is 16.9. The van der Waals surface area contributed by atoms with Crippen LogP contribution in [0.25, 0.3) is 10.6 Å². The fraction of sp³-hybridized carbons (Fsp3) is 0.417. The first kappa shape index (κ1) is 26.9. The Labute approximate surface area is 214 Å². The van der Waals surface area contributed by atoms with Gasteiger partial charge in [0, 0.05) is 42.1 Å². The van der Waals surface area contributed by atoms with Gasteiger partial charge in [-0.1, -0.05) is 6.92 Å². The van der Waals surface area contributed by atoms with Gasteiger partial charge in [0.25, 0.3) is 5.91 Å². The summed E-state index contributed by atoms with van der Waals surface area (Å²) in [5.74, 6) is -2.59. The molecule has 3 heterocycles. The third-order valence-electron chi connectivity index (χ3n) is 5.64. The fourth-order valence-electron chi connectivity index (χ4n) is 3.58. The number of morpholine rings is 1. The van der Waals surface area contributed by atoms with E-state index in [9.17, 15) is 18.0 Å². The predicted octanol–water partition coefficient (Wildman–Crippen LogP) is 4.18. The predicted molar refractivity (Wildman–Crippen MR) is 128 cm³/mol. The van der Waals surface area contributed by atoms with Crippen LogP contribution in [-0.2, 0) is 17.3 Å². The van der Waals surface area contributed by atoms with E-state index in [-0.39, 0.29) is 35.2 Å². The standard InChI is InChI=1S/C24H25F4N5O3S/c1-3-17-11-30-22(37-17)19-7-15(36-12-16-10-29-4-5-35-16)6-18(20(19)25)21(34)33-13(2)14-8-31-23(32-9-14)24(26,27)28/h6-9,11,13,16,29H,3-5,10,12H2,1-2H3,(H,33,34)/t13-,16?/m1/s1. The largest absolute Gasteiger partial charge is 0.491 e. The molecule has 8 nitrogen and oxygen atoms in total. The quantitative estimate of drug-likeness (QED) is 0.415. The highest BCUT2D eigenvalue weighted by Crippen LogP contribution is 2.33. The Kier molecular flexibility index (Phi) is 8.35. The number of alkyl halides is 3. The van der Waals surface area contributed by atoms with Crippen molar-refractivity contribution in [2.24, 2.45) is 0 Å². The Hall–Kier alpha value is -3.16. The molecule has 0 saturated carbocycles. The zero-order chi connectivity index (χ0) is 26.6. The summed E-state index contributed by atoms with van der Waals surface area (Å²) in [5, 5.41) is 6.18. The SMILES string of the molecule is CCc1cnc(-c2cc(OCC3CNCCO3)cc(C(=O)N[C@H](C)c3cnc(C(F)(F)F)nc3)c2F)s1. The third-order valence-corrected chi connectivity index (χ3v) is 6.81. The molecular formula is C24H25F4N5O3S. The number of carbonyl (C=O) groups excluding carboxylic acids is 1. The molecule has 1 amide bonds. The van der Waals surface area contributed by atoms with Crippen molar-refractivity contribution < 1.29 is 31.8 Å². The molecule has 0 spiro atoms. The molecule has 0 radical (unpaired) electrons. The molecule has 4 rings (SSSR count). The summed E-state index contributed by atoms with van der Waals surface area (Å²) in [4.78, 5) is 25.0. The maximum absolute atomic E-state index is 15.6. The third kappa shape index (κ3) is 6.59. The molecular weight excluding hydrogens is 514 g/mol. The van der Waals surface area contributed by atoms with Crippen LogP contribution in [0.15, 0.2) is 30.7 Å². The maximum Gasteiger partial charge on any atom is 0.451 e. The van der Waals surface area contributed by atoms with Crippen LogP contribution in [0.4, 0.5) is 17.6 Å². The van der Waals surface area contributed by atoms with E-state index in [4.69, 9.17) is 9.47 Å². The monoisotopic (exact) mass is 539 g/mol. The van der Waals surface area contributed by atoms with Crippen molar-refractivity contribution in [3.63, 3.8) is 0 Å². The number of amides is 1. The van der Waals surface area contributed by atoms with Gasteiger partial charge in [0.1, 0.15) is 29.3 Å². The van der Waals surface area contributed by atoms with Crippen LogP contribution in [0.3, 0.4) is 0 Å². The first-order valence-corrected chi connectivity index (χ1v) is 12.4. The number of aryl methyl sites for hydroxylation is 1. The molecule has 1 saturated heterocycles. The first-order valence-electron chi connectivity index (χ1n) is 11.6. The van der Waals surface area contributed by atoms with Crippen molar-refractivity contribution in [1.82, 2.24) is 25.6 Å². The van der Waals surface area contributed by atoms with E-state index in [2.05, 4.69) is 25.6 Å². The minimum atomic E-state index is -4.68. The van der Waals surface area contributed by atoms with E-state index in [0.717, 1.165) is 30.2 Å². The van der Waals surface area contributed by atoms with Crippen molar-refractivity contribution in [3.8, 4) is 16.3 Å². The van der Waals surface area contributed by atoms with Gasteiger partial charge in [-0.25, -0.2) is 19.3 Å². The number of aromatic nitrogens is 3. The van der Waals surface area contributed by atoms with E-state index in [0.29, 0.717) is 18.2 Å². The summed E-state index contributed by atoms with van der Waals surface area (Å²) in [7, 11) is 0. The number of thiazole rings is 1. The lowest BCUT2D eigenvalue weighted by atomic mass is 10.1. The maximum atomic E-state index is 15.6. The van der Waals surface area contributed by atoms with Crippen molar-refractivity contribution >= 4 is 17.2 Å². The molecule has 3 aromatic rings. The number of rotatable bonds is 8. The molecule has 2 atom stereocenters. The smallest absolute Gasteiger partial charge is 0.451 e. The number of benzene rings is 1. The molecule has 1 aliphatic rings. The molecule has 1 aliphatic heterocycles. The van der Waals surface area contributed by atoms with Gasteiger partial charge in [0.2, 0.25) is 5.82 Å². The molecule has 13 heteroatoms. The average Bonchev–Trinajstić information content (AvgIpc) is 3.37. The number of hydrogen-bond donors (Lipinski definition) is 2. The minimum Gasteiger partial charge on any atom is -0.491 e. The Morgan fingerprint density at radius 1 is 1.27 bits per heavy atom. The summed E-state index contributed by atoms with van der Waals surface area (Å²) >= 11 is 1.31. The fourth-order valence-corrected chi connectivity index (χ4v) is 4.44. The lowest BCUT2D eigenvalue weighted by molar-refractivity contribution is -0.145. The minimum absolute atomic E-state index is 0.112. The molecule has 1 fully saturated rings. The van der Waals surface area contributed by atoms with Crippen molar-refractivity contribution in [2.75, 3.05) is 26.3 Å². The molecule has 1 aromatic carbocycles. The van der Waals surface area contributed by atoms with E-state index >= 15 is 4.39 Å². The second kappa shape index (κ2) is 11.5. The van der Waals surface area contributed by atoms with Gasteiger partial charge in [0.15, 0.2) is 0 Å². The van der Waals surface area contributed by atoms with Crippen LogP contribution in [0, 0.1) is 5.82 Å². The zero-order valence-corrected chi connectivity index (χ0v) is 20.9. The summed E-state index contributed by atoms with van der Waals surface area (Å²) in [6.07, 6.45) is -0.560. The molecule has 2 N–H and O–H groups in total. The van der Waals surface area contributed by atoms with Crippen LogP contribution in [0.5, 0.6) is 5.75 Å². The lowest BCUT2D eigenvalue weighted by Gasteiger charge is -2.24. The number of nitrogens with zero attached hydrogens (tertiary/aromatic N) is 3. The van der Waals surface area contributed by atoms with Crippen molar-refractivity contribution in [1.29, 1.82) is 0 Å². The summed E-state index contributed by atoms with van der Waals surface area (Å²) in [5.41, 5.74) is 0.0486. The van der Waals surface area contributed by atoms with Gasteiger partial charge in [-0.15, -0.1) is 11.3 Å². The van der Waals surface area contributed by atoms with E-state index in [1.807, 2.05) is 6.92 Å².